The second kappa shape index (κ2) is 9.33. The SMILES string of the molecule is CCOC(=O)c1cnn(-c2ccc(C(=O)Nc3ccc(C)c(S(=O)(=O)NC)c3)cc2)c1C. The van der Waals surface area contributed by atoms with Gasteiger partial charge in [-0.3, -0.25) is 4.79 Å². The fourth-order valence-electron chi connectivity index (χ4n) is 3.11. The number of benzene rings is 2. The van der Waals surface area contributed by atoms with E-state index < -0.39 is 21.9 Å². The molecule has 2 aromatic carbocycles. The molecule has 3 rings (SSSR count). The van der Waals surface area contributed by atoms with Crippen molar-refractivity contribution in [2.24, 2.45) is 0 Å². The number of hydrogen-bond acceptors (Lipinski definition) is 6. The van der Waals surface area contributed by atoms with Crippen LogP contribution in [0.15, 0.2) is 53.6 Å². The van der Waals surface area contributed by atoms with Crippen LogP contribution in [-0.4, -0.2) is 43.7 Å². The van der Waals surface area contributed by atoms with E-state index >= 15 is 0 Å². The Morgan fingerprint density at radius 1 is 1.09 bits per heavy atom. The average Bonchev–Trinajstić information content (AvgIpc) is 3.16. The number of anilines is 1. The Bertz CT molecular complexity index is 1260. The zero-order chi connectivity index (χ0) is 23.5. The summed E-state index contributed by atoms with van der Waals surface area (Å²) in [5.74, 6) is -0.831. The standard InChI is InChI=1S/C22H24N4O5S/c1-5-31-22(28)19-13-24-26(15(19)3)18-10-7-16(8-11-18)21(27)25-17-9-6-14(2)20(12-17)32(29,30)23-4/h6-13,23H,5H2,1-4H3,(H,25,27). The Morgan fingerprint density at radius 2 is 1.78 bits per heavy atom. The van der Waals surface area contributed by atoms with E-state index in [0.717, 1.165) is 0 Å². The highest BCUT2D eigenvalue weighted by Gasteiger charge is 2.18. The van der Waals surface area contributed by atoms with E-state index in [0.29, 0.717) is 33.8 Å². The molecule has 10 heteroatoms. The Labute approximate surface area is 186 Å². The Hall–Kier alpha value is -3.50. The lowest BCUT2D eigenvalue weighted by Crippen LogP contribution is -2.20. The summed E-state index contributed by atoms with van der Waals surface area (Å²) in [6.45, 7) is 5.45. The molecule has 1 amide bonds. The molecule has 0 fully saturated rings. The van der Waals surface area contributed by atoms with Gasteiger partial charge in [0, 0.05) is 11.3 Å². The fourth-order valence-corrected chi connectivity index (χ4v) is 4.11. The molecule has 0 aliphatic carbocycles. The third-order valence-corrected chi connectivity index (χ3v) is 6.44. The zero-order valence-corrected chi connectivity index (χ0v) is 19.0. The molecule has 1 aromatic heterocycles. The predicted octanol–water partition coefficient (Wildman–Crippen LogP) is 2.83. The maximum Gasteiger partial charge on any atom is 0.341 e. The van der Waals surface area contributed by atoms with Gasteiger partial charge in [-0.1, -0.05) is 6.07 Å². The minimum Gasteiger partial charge on any atom is -0.462 e. The summed E-state index contributed by atoms with van der Waals surface area (Å²) in [6.07, 6.45) is 1.45. The van der Waals surface area contributed by atoms with Crippen LogP contribution in [-0.2, 0) is 14.8 Å². The van der Waals surface area contributed by atoms with Gasteiger partial charge in [0.15, 0.2) is 0 Å². The number of carbonyl (C=O) groups is 2. The molecule has 0 atom stereocenters. The van der Waals surface area contributed by atoms with Gasteiger partial charge >= 0.3 is 5.97 Å². The van der Waals surface area contributed by atoms with Crippen molar-refractivity contribution >= 4 is 27.6 Å². The first-order valence-electron chi connectivity index (χ1n) is 9.85. The number of amides is 1. The van der Waals surface area contributed by atoms with Crippen molar-refractivity contribution in [2.75, 3.05) is 19.0 Å². The monoisotopic (exact) mass is 456 g/mol. The molecule has 3 aromatic rings. The second-order valence-corrected chi connectivity index (χ2v) is 8.82. The van der Waals surface area contributed by atoms with E-state index in [9.17, 15) is 18.0 Å². The lowest BCUT2D eigenvalue weighted by Gasteiger charge is -2.11. The molecular weight excluding hydrogens is 432 g/mol. The van der Waals surface area contributed by atoms with Gasteiger partial charge in [-0.2, -0.15) is 5.10 Å². The van der Waals surface area contributed by atoms with Gasteiger partial charge in [-0.25, -0.2) is 22.6 Å². The third-order valence-electron chi connectivity index (χ3n) is 4.88. The number of aryl methyl sites for hydroxylation is 1. The van der Waals surface area contributed by atoms with Crippen molar-refractivity contribution in [2.45, 2.75) is 25.7 Å². The van der Waals surface area contributed by atoms with Crippen LogP contribution in [0.1, 0.15) is 38.9 Å². The Balaban J connectivity index is 1.80. The number of sulfonamides is 1. The molecule has 2 N–H and O–H groups in total. The van der Waals surface area contributed by atoms with Gasteiger partial charge in [0.25, 0.3) is 5.91 Å². The van der Waals surface area contributed by atoms with Gasteiger partial charge in [0.1, 0.15) is 5.56 Å². The van der Waals surface area contributed by atoms with Gasteiger partial charge < -0.3 is 10.1 Å². The van der Waals surface area contributed by atoms with Crippen molar-refractivity contribution in [1.29, 1.82) is 0 Å². The van der Waals surface area contributed by atoms with Crippen molar-refractivity contribution in [1.82, 2.24) is 14.5 Å². The van der Waals surface area contributed by atoms with Crippen molar-refractivity contribution in [3.8, 4) is 5.69 Å². The largest absolute Gasteiger partial charge is 0.462 e. The molecular formula is C22H24N4O5S. The van der Waals surface area contributed by atoms with Crippen molar-refractivity contribution in [3.63, 3.8) is 0 Å². The number of rotatable bonds is 7. The molecule has 0 aliphatic rings. The van der Waals surface area contributed by atoms with E-state index in [4.69, 9.17) is 4.74 Å². The summed E-state index contributed by atoms with van der Waals surface area (Å²) in [6, 6.07) is 11.3. The first kappa shape index (κ1) is 23.2. The molecule has 0 unspecified atom stereocenters. The molecule has 1 heterocycles. The number of nitrogens with zero attached hydrogens (tertiary/aromatic N) is 2. The molecule has 0 aliphatic heterocycles. The van der Waals surface area contributed by atoms with E-state index in [1.165, 1.54) is 19.3 Å². The molecule has 0 spiro atoms. The van der Waals surface area contributed by atoms with Gasteiger partial charge in [0.05, 0.1) is 29.1 Å². The lowest BCUT2D eigenvalue weighted by atomic mass is 10.1. The van der Waals surface area contributed by atoms with Crippen LogP contribution in [0.25, 0.3) is 5.69 Å². The minimum atomic E-state index is -3.64. The molecule has 9 nitrogen and oxygen atoms in total. The highest BCUT2D eigenvalue weighted by molar-refractivity contribution is 7.89. The number of hydrogen-bond donors (Lipinski definition) is 2. The van der Waals surface area contributed by atoms with Crippen LogP contribution < -0.4 is 10.0 Å². The summed E-state index contributed by atoms with van der Waals surface area (Å²) in [5.41, 5.74) is 2.98. The van der Waals surface area contributed by atoms with E-state index in [2.05, 4.69) is 15.1 Å². The molecule has 32 heavy (non-hydrogen) atoms. The first-order chi connectivity index (χ1) is 15.2. The summed E-state index contributed by atoms with van der Waals surface area (Å²) in [4.78, 5) is 24.7. The third kappa shape index (κ3) is 4.71. The van der Waals surface area contributed by atoms with Crippen LogP contribution >= 0.6 is 0 Å². The number of carbonyl (C=O) groups excluding carboxylic acids is 2. The van der Waals surface area contributed by atoms with Crippen LogP contribution in [0.2, 0.25) is 0 Å². The Kier molecular flexibility index (Phi) is 6.75. The highest BCUT2D eigenvalue weighted by atomic mass is 32.2. The number of esters is 1. The minimum absolute atomic E-state index is 0.0970. The van der Waals surface area contributed by atoms with Crippen LogP contribution in [0.3, 0.4) is 0 Å². The van der Waals surface area contributed by atoms with Crippen LogP contribution in [0.4, 0.5) is 5.69 Å². The zero-order valence-electron chi connectivity index (χ0n) is 18.2. The second-order valence-electron chi connectivity index (χ2n) is 6.96. The van der Waals surface area contributed by atoms with E-state index in [1.807, 2.05) is 0 Å². The summed E-state index contributed by atoms with van der Waals surface area (Å²) >= 11 is 0. The molecule has 0 bridgehead atoms. The van der Waals surface area contributed by atoms with Gasteiger partial charge in [-0.05, 0) is 69.8 Å². The molecule has 0 saturated carbocycles. The Morgan fingerprint density at radius 3 is 2.41 bits per heavy atom. The summed E-state index contributed by atoms with van der Waals surface area (Å²) in [5, 5.41) is 6.94. The van der Waals surface area contributed by atoms with Gasteiger partial charge in [0.2, 0.25) is 10.0 Å². The maximum absolute atomic E-state index is 12.6. The quantitative estimate of drug-likeness (QED) is 0.528. The summed E-state index contributed by atoms with van der Waals surface area (Å²) in [7, 11) is -2.31. The lowest BCUT2D eigenvalue weighted by molar-refractivity contribution is 0.0525. The topological polar surface area (TPSA) is 119 Å². The van der Waals surface area contributed by atoms with E-state index in [1.54, 1.807) is 61.9 Å². The normalized spacial score (nSPS) is 11.2. The number of nitrogens with one attached hydrogen (secondary N) is 2. The molecule has 168 valence electrons. The van der Waals surface area contributed by atoms with Crippen molar-refractivity contribution < 1.29 is 22.7 Å². The van der Waals surface area contributed by atoms with E-state index in [-0.39, 0.29) is 11.5 Å². The summed E-state index contributed by atoms with van der Waals surface area (Å²) < 4.78 is 33.2. The smallest absolute Gasteiger partial charge is 0.341 e. The molecule has 0 radical (unpaired) electrons. The maximum atomic E-state index is 12.6. The van der Waals surface area contributed by atoms with Crippen LogP contribution in [0, 0.1) is 13.8 Å². The molecule has 0 saturated heterocycles. The number of ether oxygens (including phenoxy) is 1. The van der Waals surface area contributed by atoms with Gasteiger partial charge in [-0.15, -0.1) is 0 Å². The predicted molar refractivity (Wildman–Crippen MR) is 120 cm³/mol. The van der Waals surface area contributed by atoms with Crippen LogP contribution in [0.5, 0.6) is 0 Å². The number of aromatic nitrogens is 2. The fraction of sp³-hybridized carbons (Fsp3) is 0.227. The van der Waals surface area contributed by atoms with Crippen molar-refractivity contribution in [3.05, 3.63) is 71.0 Å². The highest BCUT2D eigenvalue weighted by Crippen LogP contribution is 2.21. The first-order valence-corrected chi connectivity index (χ1v) is 11.3. The average molecular weight is 457 g/mol.